The Morgan fingerprint density at radius 1 is 1.09 bits per heavy atom. The first kappa shape index (κ1) is 21.5. The Morgan fingerprint density at radius 2 is 1.72 bits per heavy atom. The molecular weight excluding hydrogens is 430 g/mol. The highest BCUT2D eigenvalue weighted by Gasteiger charge is 2.49. The number of nitrogens with one attached hydrogen (secondary N) is 1. The van der Waals surface area contributed by atoms with Gasteiger partial charge in [-0.05, 0) is 18.2 Å². The molecule has 1 aliphatic rings. The van der Waals surface area contributed by atoms with E-state index in [2.05, 4.69) is 9.97 Å². The van der Waals surface area contributed by atoms with E-state index < -0.39 is 63.3 Å². The van der Waals surface area contributed by atoms with Crippen molar-refractivity contribution in [1.82, 2.24) is 9.97 Å². The first-order valence-corrected chi connectivity index (χ1v) is 9.51. The molecular formula is C22H17F4N3O3. The summed E-state index contributed by atoms with van der Waals surface area (Å²) in [7, 11) is 0. The van der Waals surface area contributed by atoms with Crippen molar-refractivity contribution in [2.75, 3.05) is 4.90 Å². The number of aliphatic hydroxyl groups is 1. The number of rotatable bonds is 3. The van der Waals surface area contributed by atoms with E-state index >= 15 is 0 Å². The van der Waals surface area contributed by atoms with Crippen LogP contribution in [0.2, 0.25) is 0 Å². The van der Waals surface area contributed by atoms with Crippen molar-refractivity contribution in [3.05, 3.63) is 70.8 Å². The van der Waals surface area contributed by atoms with Gasteiger partial charge in [0.2, 0.25) is 0 Å². The van der Waals surface area contributed by atoms with E-state index in [-0.39, 0.29) is 11.8 Å². The predicted octanol–water partition coefficient (Wildman–Crippen LogP) is 4.63. The van der Waals surface area contributed by atoms with Crippen molar-refractivity contribution in [2.24, 2.45) is 5.41 Å². The van der Waals surface area contributed by atoms with Crippen LogP contribution in [0.25, 0.3) is 11.0 Å². The molecule has 2 N–H and O–H groups in total. The maximum absolute atomic E-state index is 14.8. The molecule has 166 valence electrons. The summed E-state index contributed by atoms with van der Waals surface area (Å²) in [6.45, 7) is 4.40. The molecule has 0 unspecified atom stereocenters. The summed E-state index contributed by atoms with van der Waals surface area (Å²) >= 11 is 0. The van der Waals surface area contributed by atoms with Gasteiger partial charge < -0.3 is 10.1 Å². The third kappa shape index (κ3) is 3.14. The number of aromatic amines is 1. The Balaban J connectivity index is 2.03. The number of nitrogens with zero attached hydrogens (tertiary/aromatic N) is 2. The van der Waals surface area contributed by atoms with E-state index in [9.17, 15) is 32.3 Å². The SMILES string of the molecule is CC(C)(C)C(=O)C1=C(O)C(=O)N(c2ccc3nc[nH]c3c2)[C@@H]1c1c(F)c(F)cc(F)c1F. The van der Waals surface area contributed by atoms with Gasteiger partial charge >= 0.3 is 0 Å². The topological polar surface area (TPSA) is 86.3 Å². The number of carbonyl (C=O) groups excluding carboxylic acids is 2. The highest BCUT2D eigenvalue weighted by Crippen LogP contribution is 2.45. The van der Waals surface area contributed by atoms with Gasteiger partial charge in [0.05, 0.1) is 28.5 Å². The first-order valence-electron chi connectivity index (χ1n) is 9.51. The number of carbonyl (C=O) groups is 2. The highest BCUT2D eigenvalue weighted by molar-refractivity contribution is 6.17. The molecule has 2 heterocycles. The average molecular weight is 447 g/mol. The lowest BCUT2D eigenvalue weighted by molar-refractivity contribution is -0.123. The highest BCUT2D eigenvalue weighted by atomic mass is 19.2. The fourth-order valence-electron chi connectivity index (χ4n) is 3.69. The van der Waals surface area contributed by atoms with Gasteiger partial charge in [-0.25, -0.2) is 22.5 Å². The van der Waals surface area contributed by atoms with E-state index in [4.69, 9.17) is 0 Å². The van der Waals surface area contributed by atoms with E-state index in [1.807, 2.05) is 0 Å². The Labute approximate surface area is 179 Å². The number of hydrogen-bond acceptors (Lipinski definition) is 4. The third-order valence-corrected chi connectivity index (χ3v) is 5.24. The van der Waals surface area contributed by atoms with Crippen LogP contribution in [-0.4, -0.2) is 26.8 Å². The number of H-pyrrole nitrogens is 1. The zero-order chi connectivity index (χ0) is 23.5. The number of imidazole rings is 1. The van der Waals surface area contributed by atoms with Gasteiger partial charge in [0.15, 0.2) is 34.8 Å². The molecule has 10 heteroatoms. The Hall–Kier alpha value is -3.69. The monoisotopic (exact) mass is 447 g/mol. The number of halogens is 4. The second-order valence-electron chi connectivity index (χ2n) is 8.40. The minimum atomic E-state index is -1.94. The first-order chi connectivity index (χ1) is 14.9. The van der Waals surface area contributed by atoms with Crippen molar-refractivity contribution in [1.29, 1.82) is 0 Å². The zero-order valence-electron chi connectivity index (χ0n) is 17.1. The van der Waals surface area contributed by atoms with Crippen molar-refractivity contribution < 1.29 is 32.3 Å². The van der Waals surface area contributed by atoms with Gasteiger partial charge in [-0.2, -0.15) is 0 Å². The van der Waals surface area contributed by atoms with E-state index in [0.29, 0.717) is 11.0 Å². The molecule has 4 rings (SSSR count). The Morgan fingerprint density at radius 3 is 2.31 bits per heavy atom. The number of fused-ring (bicyclic) bond motifs is 1. The van der Waals surface area contributed by atoms with E-state index in [1.54, 1.807) is 0 Å². The number of Topliss-reactive ketones (excluding diaryl/α,β-unsaturated/α-hetero) is 1. The van der Waals surface area contributed by atoms with Crippen LogP contribution in [0.4, 0.5) is 23.2 Å². The van der Waals surface area contributed by atoms with Crippen LogP contribution in [0, 0.1) is 28.7 Å². The zero-order valence-corrected chi connectivity index (χ0v) is 17.1. The summed E-state index contributed by atoms with van der Waals surface area (Å²) in [6.07, 6.45) is 1.38. The van der Waals surface area contributed by atoms with Crippen LogP contribution in [-0.2, 0) is 9.59 Å². The molecule has 0 saturated heterocycles. The van der Waals surface area contributed by atoms with Crippen molar-refractivity contribution in [2.45, 2.75) is 26.8 Å². The minimum absolute atomic E-state index is 0.0171. The summed E-state index contributed by atoms with van der Waals surface area (Å²) < 4.78 is 57.8. The average Bonchev–Trinajstić information content (AvgIpc) is 3.28. The molecule has 2 aromatic carbocycles. The van der Waals surface area contributed by atoms with Crippen molar-refractivity contribution >= 4 is 28.4 Å². The maximum Gasteiger partial charge on any atom is 0.294 e. The predicted molar refractivity (Wildman–Crippen MR) is 107 cm³/mol. The summed E-state index contributed by atoms with van der Waals surface area (Å²) in [4.78, 5) is 33.7. The Kier molecular flexibility index (Phi) is 4.83. The van der Waals surface area contributed by atoms with E-state index in [1.165, 1.54) is 45.3 Å². The fourth-order valence-corrected chi connectivity index (χ4v) is 3.69. The summed E-state index contributed by atoms with van der Waals surface area (Å²) in [6, 6.07) is 2.35. The van der Waals surface area contributed by atoms with Crippen LogP contribution >= 0.6 is 0 Å². The molecule has 32 heavy (non-hydrogen) atoms. The molecule has 0 bridgehead atoms. The second kappa shape index (κ2) is 7.18. The molecule has 0 aliphatic carbocycles. The third-order valence-electron chi connectivity index (χ3n) is 5.24. The van der Waals surface area contributed by atoms with Gasteiger partial charge in [0.1, 0.15) is 6.04 Å². The number of amides is 1. The molecule has 0 radical (unpaired) electrons. The molecule has 6 nitrogen and oxygen atoms in total. The van der Waals surface area contributed by atoms with Crippen molar-refractivity contribution in [3.63, 3.8) is 0 Å². The summed E-state index contributed by atoms with van der Waals surface area (Å²) in [5, 5.41) is 10.6. The second-order valence-corrected chi connectivity index (χ2v) is 8.40. The lowest BCUT2D eigenvalue weighted by Gasteiger charge is -2.29. The maximum atomic E-state index is 14.8. The van der Waals surface area contributed by atoms with E-state index in [0.717, 1.165) is 4.90 Å². The summed E-state index contributed by atoms with van der Waals surface area (Å²) in [5.74, 6) is -9.98. The van der Waals surface area contributed by atoms with Gasteiger partial charge in [-0.3, -0.25) is 14.5 Å². The number of anilines is 1. The van der Waals surface area contributed by atoms with Gasteiger partial charge in [0.25, 0.3) is 5.91 Å². The standard InChI is InChI=1S/C22H17F4N3O3/c1-22(2,3)20(31)15-18(14-16(25)10(23)7-11(24)17(14)26)29(21(32)19(15)30)9-4-5-12-13(6-9)28-8-27-12/h4-8,18,30H,1-3H3,(H,27,28)/t18-/m1/s1. The number of ketones is 1. The minimum Gasteiger partial charge on any atom is -0.503 e. The van der Waals surface area contributed by atoms with Crippen LogP contribution < -0.4 is 4.90 Å². The molecule has 1 aromatic heterocycles. The van der Waals surface area contributed by atoms with Gasteiger partial charge in [0, 0.05) is 17.2 Å². The van der Waals surface area contributed by atoms with Crippen molar-refractivity contribution in [3.8, 4) is 0 Å². The molecule has 3 aromatic rings. The molecule has 0 spiro atoms. The number of hydrogen-bond donors (Lipinski definition) is 2. The molecule has 1 amide bonds. The molecule has 1 aliphatic heterocycles. The molecule has 0 fully saturated rings. The number of aliphatic hydroxyl groups excluding tert-OH is 1. The lowest BCUT2D eigenvalue weighted by Crippen LogP contribution is -2.34. The number of benzene rings is 2. The Bertz CT molecular complexity index is 1300. The summed E-state index contributed by atoms with van der Waals surface area (Å²) in [5.41, 5.74) is -2.08. The van der Waals surface area contributed by atoms with Crippen LogP contribution in [0.15, 0.2) is 41.9 Å². The van der Waals surface area contributed by atoms with Gasteiger partial charge in [-0.1, -0.05) is 20.8 Å². The van der Waals surface area contributed by atoms with Crippen LogP contribution in [0.5, 0.6) is 0 Å². The van der Waals surface area contributed by atoms with Crippen LogP contribution in [0.1, 0.15) is 32.4 Å². The lowest BCUT2D eigenvalue weighted by atomic mass is 9.82. The normalized spacial score (nSPS) is 17.0. The fraction of sp³-hybridized carbons (Fsp3) is 0.227. The smallest absolute Gasteiger partial charge is 0.294 e. The number of aromatic nitrogens is 2. The quantitative estimate of drug-likeness (QED) is 0.453. The van der Waals surface area contributed by atoms with Gasteiger partial charge in [-0.15, -0.1) is 0 Å². The molecule has 0 saturated carbocycles. The van der Waals surface area contributed by atoms with Crippen LogP contribution in [0.3, 0.4) is 0 Å². The largest absolute Gasteiger partial charge is 0.503 e. The molecule has 1 atom stereocenters.